The summed E-state index contributed by atoms with van der Waals surface area (Å²) in [6.07, 6.45) is 3.07. The number of hydrogen-bond donors (Lipinski definition) is 1. The van der Waals surface area contributed by atoms with Gasteiger partial charge in [-0.05, 0) is 18.7 Å². The lowest BCUT2D eigenvalue weighted by Gasteiger charge is -2.01. The molecule has 0 aliphatic rings. The average molecular weight is 329 g/mol. The Morgan fingerprint density at radius 3 is 2.65 bits per heavy atom. The SMILES string of the molecule is CSc1ncc(C#Cc2cc([N+](=O)[O-])ccc2C)c(C(=O)O)n1. The van der Waals surface area contributed by atoms with Crippen LogP contribution in [0.1, 0.15) is 27.2 Å². The van der Waals surface area contributed by atoms with Crippen LogP contribution in [0.5, 0.6) is 0 Å². The molecule has 1 heterocycles. The van der Waals surface area contributed by atoms with Gasteiger partial charge >= 0.3 is 5.97 Å². The number of carboxylic acid groups (broad SMARTS) is 1. The number of nitrogens with zero attached hydrogens (tertiary/aromatic N) is 3. The van der Waals surface area contributed by atoms with Gasteiger partial charge in [-0.25, -0.2) is 14.8 Å². The lowest BCUT2D eigenvalue weighted by molar-refractivity contribution is -0.384. The van der Waals surface area contributed by atoms with Crippen molar-refractivity contribution < 1.29 is 14.8 Å². The number of non-ortho nitro benzene ring substituents is 1. The van der Waals surface area contributed by atoms with E-state index in [0.717, 1.165) is 5.56 Å². The summed E-state index contributed by atoms with van der Waals surface area (Å²) in [5.74, 6) is 4.23. The van der Waals surface area contributed by atoms with Crippen LogP contribution in [0.3, 0.4) is 0 Å². The largest absolute Gasteiger partial charge is 0.476 e. The highest BCUT2D eigenvalue weighted by molar-refractivity contribution is 7.98. The number of rotatable bonds is 3. The fourth-order valence-corrected chi connectivity index (χ4v) is 2.05. The van der Waals surface area contributed by atoms with Crippen molar-refractivity contribution in [2.45, 2.75) is 12.1 Å². The molecule has 0 aliphatic heterocycles. The molecule has 2 rings (SSSR count). The smallest absolute Gasteiger partial charge is 0.355 e. The number of aryl methyl sites for hydroxylation is 1. The number of benzene rings is 1. The number of nitro groups is 1. The van der Waals surface area contributed by atoms with Crippen molar-refractivity contribution in [2.75, 3.05) is 6.26 Å². The second-order valence-corrected chi connectivity index (χ2v) is 5.20. The zero-order valence-corrected chi connectivity index (χ0v) is 13.0. The first-order valence-electron chi connectivity index (χ1n) is 6.33. The van der Waals surface area contributed by atoms with E-state index >= 15 is 0 Å². The van der Waals surface area contributed by atoms with Crippen LogP contribution in [0.4, 0.5) is 5.69 Å². The van der Waals surface area contributed by atoms with Crippen molar-refractivity contribution >= 4 is 23.4 Å². The molecule has 2 aromatic rings. The summed E-state index contributed by atoms with van der Waals surface area (Å²) in [6.45, 7) is 1.76. The fourth-order valence-electron chi connectivity index (χ4n) is 1.71. The van der Waals surface area contributed by atoms with E-state index in [2.05, 4.69) is 21.8 Å². The Morgan fingerprint density at radius 2 is 2.04 bits per heavy atom. The Balaban J connectivity index is 2.49. The summed E-state index contributed by atoms with van der Waals surface area (Å²) in [6, 6.07) is 4.33. The molecule has 0 saturated carbocycles. The van der Waals surface area contributed by atoms with Crippen LogP contribution >= 0.6 is 11.8 Å². The number of hydrogen-bond acceptors (Lipinski definition) is 6. The first kappa shape index (κ1) is 16.5. The van der Waals surface area contributed by atoms with Crippen molar-refractivity contribution in [1.29, 1.82) is 0 Å². The van der Waals surface area contributed by atoms with Gasteiger partial charge in [0.2, 0.25) is 0 Å². The van der Waals surface area contributed by atoms with Gasteiger partial charge in [0, 0.05) is 23.9 Å². The van der Waals surface area contributed by atoms with Crippen LogP contribution in [0.2, 0.25) is 0 Å². The minimum atomic E-state index is -1.21. The molecule has 0 aliphatic carbocycles. The summed E-state index contributed by atoms with van der Waals surface area (Å²) in [5.41, 5.74) is 1.08. The minimum Gasteiger partial charge on any atom is -0.476 e. The fraction of sp³-hybridized carbons (Fsp3) is 0.133. The normalized spacial score (nSPS) is 9.83. The van der Waals surface area contributed by atoms with Gasteiger partial charge in [0.15, 0.2) is 10.9 Å². The van der Waals surface area contributed by atoms with Crippen LogP contribution in [0.25, 0.3) is 0 Å². The predicted octanol–water partition coefficient (Wildman–Crippen LogP) is 2.51. The first-order chi connectivity index (χ1) is 10.9. The summed E-state index contributed by atoms with van der Waals surface area (Å²) in [5, 5.41) is 20.3. The van der Waals surface area contributed by atoms with Crippen LogP contribution in [0, 0.1) is 28.9 Å². The molecule has 0 spiro atoms. The van der Waals surface area contributed by atoms with Gasteiger partial charge in [0.05, 0.1) is 10.5 Å². The topological polar surface area (TPSA) is 106 Å². The molecule has 7 nitrogen and oxygen atoms in total. The van der Waals surface area contributed by atoms with Gasteiger partial charge in [0.25, 0.3) is 5.69 Å². The van der Waals surface area contributed by atoms with Crippen LogP contribution in [-0.2, 0) is 0 Å². The van der Waals surface area contributed by atoms with Crippen molar-refractivity contribution in [3.8, 4) is 11.8 Å². The van der Waals surface area contributed by atoms with Gasteiger partial charge in [-0.2, -0.15) is 0 Å². The molecular formula is C15H11N3O4S. The third kappa shape index (κ3) is 3.84. The molecule has 1 aromatic heterocycles. The van der Waals surface area contributed by atoms with Gasteiger partial charge in [0.1, 0.15) is 0 Å². The molecule has 0 bridgehead atoms. The van der Waals surface area contributed by atoms with Crippen molar-refractivity contribution in [1.82, 2.24) is 9.97 Å². The molecule has 0 amide bonds. The van der Waals surface area contributed by atoms with Crippen molar-refractivity contribution in [3.05, 3.63) is 56.9 Å². The lowest BCUT2D eigenvalue weighted by atomic mass is 10.1. The van der Waals surface area contributed by atoms with E-state index in [-0.39, 0.29) is 16.9 Å². The molecule has 116 valence electrons. The zero-order valence-electron chi connectivity index (χ0n) is 12.2. The van der Waals surface area contributed by atoms with E-state index in [1.165, 1.54) is 30.1 Å². The molecule has 23 heavy (non-hydrogen) atoms. The maximum Gasteiger partial charge on any atom is 0.355 e. The number of thioether (sulfide) groups is 1. The Kier molecular flexibility index (Phi) is 4.93. The molecule has 0 fully saturated rings. The van der Waals surface area contributed by atoms with E-state index in [4.69, 9.17) is 0 Å². The van der Waals surface area contributed by atoms with Crippen LogP contribution in [0.15, 0.2) is 29.6 Å². The number of aromatic carboxylic acids is 1. The Labute approximate surface area is 135 Å². The summed E-state index contributed by atoms with van der Waals surface area (Å²) >= 11 is 1.22. The van der Waals surface area contributed by atoms with Gasteiger partial charge in [-0.3, -0.25) is 10.1 Å². The molecule has 0 atom stereocenters. The monoisotopic (exact) mass is 329 g/mol. The van der Waals surface area contributed by atoms with Crippen LogP contribution < -0.4 is 0 Å². The molecule has 8 heteroatoms. The third-order valence-electron chi connectivity index (χ3n) is 2.92. The highest BCUT2D eigenvalue weighted by Gasteiger charge is 2.13. The zero-order chi connectivity index (χ0) is 17.0. The maximum absolute atomic E-state index is 11.3. The van der Waals surface area contributed by atoms with Gasteiger partial charge in [-0.15, -0.1) is 0 Å². The highest BCUT2D eigenvalue weighted by atomic mass is 32.2. The van der Waals surface area contributed by atoms with E-state index in [1.807, 2.05) is 0 Å². The molecule has 0 radical (unpaired) electrons. The number of aromatic nitrogens is 2. The van der Waals surface area contributed by atoms with Gasteiger partial charge in [-0.1, -0.05) is 29.7 Å². The minimum absolute atomic E-state index is 0.0765. The number of carboxylic acids is 1. The Morgan fingerprint density at radius 1 is 1.35 bits per heavy atom. The lowest BCUT2D eigenvalue weighted by Crippen LogP contribution is -2.06. The second kappa shape index (κ2) is 6.89. The highest BCUT2D eigenvalue weighted by Crippen LogP contribution is 2.17. The van der Waals surface area contributed by atoms with E-state index in [1.54, 1.807) is 19.2 Å². The molecular weight excluding hydrogens is 318 g/mol. The van der Waals surface area contributed by atoms with Crippen molar-refractivity contribution in [3.63, 3.8) is 0 Å². The summed E-state index contributed by atoms with van der Waals surface area (Å²) < 4.78 is 0. The van der Waals surface area contributed by atoms with Crippen LogP contribution in [-0.4, -0.2) is 32.2 Å². The van der Waals surface area contributed by atoms with Crippen molar-refractivity contribution in [2.24, 2.45) is 0 Å². The Bertz CT molecular complexity index is 856. The molecule has 1 N–H and O–H groups in total. The average Bonchev–Trinajstić information content (AvgIpc) is 2.53. The maximum atomic E-state index is 11.3. The molecule has 1 aromatic carbocycles. The third-order valence-corrected chi connectivity index (χ3v) is 3.48. The number of nitro benzene ring substituents is 1. The first-order valence-corrected chi connectivity index (χ1v) is 7.56. The quantitative estimate of drug-likeness (QED) is 0.303. The van der Waals surface area contributed by atoms with E-state index < -0.39 is 10.9 Å². The Hall–Kier alpha value is -2.92. The second-order valence-electron chi connectivity index (χ2n) is 4.43. The molecule has 0 saturated heterocycles. The van der Waals surface area contributed by atoms with Gasteiger partial charge < -0.3 is 5.11 Å². The van der Waals surface area contributed by atoms with E-state index in [9.17, 15) is 20.0 Å². The number of carbonyl (C=O) groups is 1. The summed E-state index contributed by atoms with van der Waals surface area (Å²) in [4.78, 5) is 29.5. The molecule has 0 unspecified atom stereocenters. The predicted molar refractivity (Wildman–Crippen MR) is 84.6 cm³/mol. The summed E-state index contributed by atoms with van der Waals surface area (Å²) in [7, 11) is 0. The van der Waals surface area contributed by atoms with E-state index in [0.29, 0.717) is 10.7 Å². The standard InChI is InChI=1S/C15H11N3O4S/c1-9-3-6-12(18(21)22)7-10(9)4-5-11-8-16-15(23-2)17-13(11)14(19)20/h3,6-8H,1-2H3,(H,19,20).